The maximum absolute atomic E-state index is 13.0. The Labute approximate surface area is 207 Å². The molecule has 9 nitrogen and oxygen atoms in total. The van der Waals surface area contributed by atoms with Crippen LogP contribution in [0.2, 0.25) is 0 Å². The lowest BCUT2D eigenvalue weighted by atomic mass is 10.1. The number of morpholine rings is 1. The predicted molar refractivity (Wildman–Crippen MR) is 137 cm³/mol. The van der Waals surface area contributed by atoms with Gasteiger partial charge < -0.3 is 20.3 Å². The Balaban J connectivity index is 1.39. The number of nitrogens with zero attached hydrogens (tertiary/aromatic N) is 5. The van der Waals surface area contributed by atoms with Gasteiger partial charge in [-0.05, 0) is 31.2 Å². The quantitative estimate of drug-likeness (QED) is 0.385. The molecule has 4 aromatic rings. The van der Waals surface area contributed by atoms with Crippen molar-refractivity contribution in [1.82, 2.24) is 19.9 Å². The Morgan fingerprint density at radius 1 is 1.06 bits per heavy atom. The Morgan fingerprint density at radius 2 is 1.92 bits per heavy atom. The van der Waals surface area contributed by atoms with E-state index in [0.29, 0.717) is 36.1 Å². The Bertz CT molecular complexity index is 1420. The first kappa shape index (κ1) is 23.3. The summed E-state index contributed by atoms with van der Waals surface area (Å²) < 4.78 is 18.4. The smallest absolute Gasteiger partial charge is 0.250 e. The van der Waals surface area contributed by atoms with Crippen LogP contribution in [0.3, 0.4) is 0 Å². The lowest BCUT2D eigenvalue weighted by Crippen LogP contribution is -2.36. The molecule has 0 atom stereocenters. The van der Waals surface area contributed by atoms with Crippen LogP contribution < -0.4 is 15.5 Å². The van der Waals surface area contributed by atoms with Crippen molar-refractivity contribution in [3.63, 3.8) is 0 Å². The standard InChI is InChI=1S/C26H24FN7O2/c1-17(27)13-24(35)31-19-7-8-28-22(14-19)21-4-2-3-18-15-30-26(33-25(18)21)32-20-5-6-23(29-16-20)34-9-11-36-12-10-34/h2-8,13-16H,9-12H2,1H3,(H,28,31,35)(H,30,32,33)/b17-13-. The molecule has 0 bridgehead atoms. The minimum atomic E-state index is -0.571. The second-order valence-electron chi connectivity index (χ2n) is 8.22. The number of para-hydroxylation sites is 1. The van der Waals surface area contributed by atoms with Crippen LogP contribution in [0.1, 0.15) is 6.92 Å². The maximum atomic E-state index is 13.0. The summed E-state index contributed by atoms with van der Waals surface area (Å²) in [5.41, 5.74) is 3.34. The summed E-state index contributed by atoms with van der Waals surface area (Å²) in [4.78, 5) is 32.3. The van der Waals surface area contributed by atoms with Crippen LogP contribution >= 0.6 is 0 Å². The molecule has 1 fully saturated rings. The first-order valence-electron chi connectivity index (χ1n) is 11.5. The number of halogens is 1. The normalized spacial score (nSPS) is 14.1. The first-order valence-corrected chi connectivity index (χ1v) is 11.5. The SMILES string of the molecule is C/C(F)=C/C(=O)Nc1ccnc(-c2cccc3cnc(Nc4ccc(N5CCOCC5)nc4)nc23)c1. The van der Waals surface area contributed by atoms with E-state index < -0.39 is 11.7 Å². The van der Waals surface area contributed by atoms with Gasteiger partial charge in [-0.2, -0.15) is 0 Å². The number of anilines is 4. The number of carbonyl (C=O) groups excluding carboxylic acids is 1. The molecule has 0 unspecified atom stereocenters. The van der Waals surface area contributed by atoms with Crippen LogP contribution in [-0.2, 0) is 9.53 Å². The molecule has 36 heavy (non-hydrogen) atoms. The summed E-state index contributed by atoms with van der Waals surface area (Å²) in [7, 11) is 0. The number of allylic oxidation sites excluding steroid dienone is 1. The van der Waals surface area contributed by atoms with Crippen LogP contribution in [0, 0.1) is 0 Å². The summed E-state index contributed by atoms with van der Waals surface area (Å²) in [5, 5.41) is 6.70. The third kappa shape index (κ3) is 5.44. The number of fused-ring (bicyclic) bond motifs is 1. The first-order chi connectivity index (χ1) is 17.5. The highest BCUT2D eigenvalue weighted by Crippen LogP contribution is 2.28. The molecule has 0 spiro atoms. The number of hydrogen-bond acceptors (Lipinski definition) is 8. The minimum absolute atomic E-state index is 0.420. The number of aromatic nitrogens is 4. The molecule has 3 aromatic heterocycles. The average Bonchev–Trinajstić information content (AvgIpc) is 2.89. The lowest BCUT2D eigenvalue weighted by molar-refractivity contribution is -0.112. The molecular weight excluding hydrogens is 461 g/mol. The number of pyridine rings is 2. The average molecular weight is 486 g/mol. The topological polar surface area (TPSA) is 105 Å². The van der Waals surface area contributed by atoms with Crippen LogP contribution in [0.5, 0.6) is 0 Å². The van der Waals surface area contributed by atoms with Crippen LogP contribution in [0.4, 0.5) is 27.5 Å². The van der Waals surface area contributed by atoms with E-state index in [9.17, 15) is 9.18 Å². The van der Waals surface area contributed by atoms with E-state index in [1.54, 1.807) is 30.7 Å². The summed E-state index contributed by atoms with van der Waals surface area (Å²) in [6.45, 7) is 4.26. The third-order valence-corrected chi connectivity index (χ3v) is 5.58. The van der Waals surface area contributed by atoms with Gasteiger partial charge in [-0.1, -0.05) is 18.2 Å². The monoisotopic (exact) mass is 485 g/mol. The van der Waals surface area contributed by atoms with Crippen molar-refractivity contribution < 1.29 is 13.9 Å². The second kappa shape index (κ2) is 10.4. The van der Waals surface area contributed by atoms with Gasteiger partial charge in [0.2, 0.25) is 5.95 Å². The zero-order valence-corrected chi connectivity index (χ0v) is 19.6. The Hall–Kier alpha value is -4.44. The number of hydrogen-bond donors (Lipinski definition) is 2. The number of rotatable bonds is 6. The number of carbonyl (C=O) groups is 1. The van der Waals surface area contributed by atoms with Crippen molar-refractivity contribution in [2.75, 3.05) is 41.8 Å². The largest absolute Gasteiger partial charge is 0.378 e. The molecule has 1 aromatic carbocycles. The Kier molecular flexibility index (Phi) is 6.76. The summed E-state index contributed by atoms with van der Waals surface area (Å²) in [6.07, 6.45) is 5.97. The van der Waals surface area contributed by atoms with E-state index in [1.165, 1.54) is 6.92 Å². The maximum Gasteiger partial charge on any atom is 0.250 e. The molecule has 4 heterocycles. The van der Waals surface area contributed by atoms with E-state index in [-0.39, 0.29) is 0 Å². The molecule has 0 aliphatic carbocycles. The highest BCUT2D eigenvalue weighted by Gasteiger charge is 2.13. The number of benzene rings is 1. The fourth-order valence-corrected chi connectivity index (χ4v) is 3.91. The van der Waals surface area contributed by atoms with E-state index in [2.05, 4.69) is 30.5 Å². The second-order valence-corrected chi connectivity index (χ2v) is 8.22. The lowest BCUT2D eigenvalue weighted by Gasteiger charge is -2.27. The molecule has 0 saturated carbocycles. The molecule has 1 aliphatic heterocycles. The van der Waals surface area contributed by atoms with Gasteiger partial charge in [0.15, 0.2) is 0 Å². The van der Waals surface area contributed by atoms with Crippen molar-refractivity contribution in [1.29, 1.82) is 0 Å². The molecular formula is C26H24FN7O2. The summed E-state index contributed by atoms with van der Waals surface area (Å²) in [6, 6.07) is 13.0. The van der Waals surface area contributed by atoms with Gasteiger partial charge in [0.1, 0.15) is 11.6 Å². The van der Waals surface area contributed by atoms with E-state index in [1.807, 2.05) is 30.3 Å². The van der Waals surface area contributed by atoms with Crippen LogP contribution in [0.15, 0.2) is 73.0 Å². The number of amides is 1. The van der Waals surface area contributed by atoms with Crippen molar-refractivity contribution >= 4 is 40.0 Å². The van der Waals surface area contributed by atoms with Gasteiger partial charge >= 0.3 is 0 Å². The van der Waals surface area contributed by atoms with Gasteiger partial charge in [0.05, 0.1) is 36.3 Å². The predicted octanol–water partition coefficient (Wildman–Crippen LogP) is 4.48. The van der Waals surface area contributed by atoms with Gasteiger partial charge in [-0.3, -0.25) is 9.78 Å². The van der Waals surface area contributed by atoms with Crippen molar-refractivity contribution in [2.24, 2.45) is 0 Å². The van der Waals surface area contributed by atoms with Crippen molar-refractivity contribution in [3.8, 4) is 11.3 Å². The highest BCUT2D eigenvalue weighted by atomic mass is 19.1. The zero-order valence-electron chi connectivity index (χ0n) is 19.6. The van der Waals surface area contributed by atoms with Gasteiger partial charge in [0, 0.05) is 48.2 Å². The summed E-state index contributed by atoms with van der Waals surface area (Å²) in [5.74, 6) is 0.204. The molecule has 182 valence electrons. The zero-order chi connectivity index (χ0) is 24.9. The van der Waals surface area contributed by atoms with E-state index in [0.717, 1.165) is 41.6 Å². The van der Waals surface area contributed by atoms with E-state index in [4.69, 9.17) is 9.72 Å². The fraction of sp³-hybridized carbons (Fsp3) is 0.192. The molecule has 1 amide bonds. The minimum Gasteiger partial charge on any atom is -0.378 e. The van der Waals surface area contributed by atoms with E-state index >= 15 is 0 Å². The molecule has 2 N–H and O–H groups in total. The molecule has 1 aliphatic rings. The Morgan fingerprint density at radius 3 is 2.69 bits per heavy atom. The molecule has 10 heteroatoms. The van der Waals surface area contributed by atoms with Gasteiger partial charge in [-0.15, -0.1) is 0 Å². The van der Waals surface area contributed by atoms with Crippen molar-refractivity contribution in [3.05, 3.63) is 73.0 Å². The fourth-order valence-electron chi connectivity index (χ4n) is 3.91. The summed E-state index contributed by atoms with van der Waals surface area (Å²) >= 11 is 0. The van der Waals surface area contributed by atoms with Gasteiger partial charge in [0.25, 0.3) is 5.91 Å². The number of ether oxygens (including phenoxy) is 1. The molecule has 1 saturated heterocycles. The van der Waals surface area contributed by atoms with Crippen LogP contribution in [0.25, 0.3) is 22.2 Å². The van der Waals surface area contributed by atoms with Crippen LogP contribution in [-0.4, -0.2) is 52.1 Å². The highest BCUT2D eigenvalue weighted by molar-refractivity contribution is 6.00. The molecule has 0 radical (unpaired) electrons. The van der Waals surface area contributed by atoms with Crippen molar-refractivity contribution in [2.45, 2.75) is 6.92 Å². The van der Waals surface area contributed by atoms with Gasteiger partial charge in [-0.25, -0.2) is 19.3 Å². The number of nitrogens with one attached hydrogen (secondary N) is 2. The third-order valence-electron chi connectivity index (χ3n) is 5.58. The molecule has 5 rings (SSSR count).